The molecule has 1 N–H and O–H groups in total. The third-order valence-corrected chi connectivity index (χ3v) is 18.2. The van der Waals surface area contributed by atoms with Crippen LogP contribution in [0.4, 0.5) is 8.78 Å². The molecule has 10 rings (SSSR count). The summed E-state index contributed by atoms with van der Waals surface area (Å²) < 4.78 is 62.4. The lowest BCUT2D eigenvalue weighted by molar-refractivity contribution is 0.0663. The molecule has 1 saturated carbocycles. The van der Waals surface area contributed by atoms with Gasteiger partial charge in [-0.15, -0.1) is 0 Å². The molecule has 6 heterocycles. The number of carbonyl (C=O) groups excluding carboxylic acids is 1. The van der Waals surface area contributed by atoms with E-state index in [0.717, 1.165) is 23.7 Å². The van der Waals surface area contributed by atoms with Gasteiger partial charge in [-0.05, 0) is 123 Å². The van der Waals surface area contributed by atoms with Gasteiger partial charge in [-0.25, -0.2) is 23.1 Å². The van der Waals surface area contributed by atoms with Crippen LogP contribution < -0.4 is 16.8 Å². The second-order valence-electron chi connectivity index (χ2n) is 18.6. The molecule has 2 fully saturated rings. The second-order valence-corrected chi connectivity index (χ2v) is 22.1. The van der Waals surface area contributed by atoms with Crippen molar-refractivity contribution in [3.8, 4) is 17.2 Å². The Morgan fingerprint density at radius 2 is 1.64 bits per heavy atom. The van der Waals surface area contributed by atoms with Gasteiger partial charge in [0.1, 0.15) is 35.8 Å². The molecule has 1 saturated heterocycles. The van der Waals surface area contributed by atoms with Crippen LogP contribution in [0.1, 0.15) is 116 Å². The SMILES string of the molecule is CCc1cc(-n2ccn(-c3c4c(nn3-c3cc(C)c(F)c(C)c3)CCN(C(=O)c3cc5cc(C6CCOCC6)ccc5n3C3(c5noc(=O)[nH]5)CC3C)C4C)c2=O)cc(F)c1P(=O)(CC)CC. The molecule has 0 radical (unpaired) electrons. The minimum Gasteiger partial charge on any atom is -0.381 e. The summed E-state index contributed by atoms with van der Waals surface area (Å²) in [6.45, 7) is 14.5. The Bertz CT molecular complexity index is 3270. The van der Waals surface area contributed by atoms with Gasteiger partial charge in [0.15, 0.2) is 5.82 Å². The van der Waals surface area contributed by atoms with E-state index in [0.29, 0.717) is 108 Å². The minimum absolute atomic E-state index is 0.000190. The number of benzene rings is 3. The maximum absolute atomic E-state index is 16.2. The molecular weight excluding hydrogens is 878 g/mol. The first-order valence-electron chi connectivity index (χ1n) is 23.4. The average molecular weight is 933 g/mol. The summed E-state index contributed by atoms with van der Waals surface area (Å²) in [6.07, 6.45) is 6.96. The Morgan fingerprint density at radius 1 is 0.940 bits per heavy atom. The molecule has 0 bridgehead atoms. The van der Waals surface area contributed by atoms with E-state index in [1.165, 1.54) is 20.8 Å². The largest absolute Gasteiger partial charge is 0.438 e. The predicted molar refractivity (Wildman–Crippen MR) is 251 cm³/mol. The number of aromatic nitrogens is 7. The van der Waals surface area contributed by atoms with Crippen LogP contribution in [0, 0.1) is 31.4 Å². The molecule has 67 heavy (non-hydrogen) atoms. The number of amides is 1. The van der Waals surface area contributed by atoms with E-state index in [4.69, 9.17) is 14.4 Å². The van der Waals surface area contributed by atoms with Gasteiger partial charge in [-0.1, -0.05) is 38.9 Å². The van der Waals surface area contributed by atoms with Gasteiger partial charge < -0.3 is 18.8 Å². The fraction of sp³-hybridized carbons (Fsp3) is 0.420. The van der Waals surface area contributed by atoms with Crippen LogP contribution >= 0.6 is 7.14 Å². The van der Waals surface area contributed by atoms with E-state index in [9.17, 15) is 14.2 Å². The lowest BCUT2D eigenvalue weighted by atomic mass is 9.91. The smallest absolute Gasteiger partial charge is 0.381 e. The molecule has 7 aromatic rings. The summed E-state index contributed by atoms with van der Waals surface area (Å²) >= 11 is 0. The quantitative estimate of drug-likeness (QED) is 0.127. The Morgan fingerprint density at radius 3 is 2.28 bits per heavy atom. The number of H-pyrrole nitrogens is 1. The topological polar surface area (TPSA) is 155 Å². The zero-order valence-electron chi connectivity index (χ0n) is 38.9. The number of ether oxygens (including phenoxy) is 1. The van der Waals surface area contributed by atoms with Crippen molar-refractivity contribution in [3.05, 3.63) is 139 Å². The van der Waals surface area contributed by atoms with E-state index in [1.54, 1.807) is 67.9 Å². The van der Waals surface area contributed by atoms with Crippen molar-refractivity contribution in [2.45, 2.75) is 98.1 Å². The fourth-order valence-electron chi connectivity index (χ4n) is 11.0. The van der Waals surface area contributed by atoms with Gasteiger partial charge >= 0.3 is 11.4 Å². The van der Waals surface area contributed by atoms with Crippen LogP contribution in [0.15, 0.2) is 75.0 Å². The normalized spacial score (nSPS) is 19.9. The van der Waals surface area contributed by atoms with Gasteiger partial charge in [0.2, 0.25) is 0 Å². The lowest BCUT2D eigenvalue weighted by Crippen LogP contribution is -2.41. The summed E-state index contributed by atoms with van der Waals surface area (Å²) in [7, 11) is -3.00. The van der Waals surface area contributed by atoms with Crippen molar-refractivity contribution < 1.29 is 27.4 Å². The molecule has 350 valence electrons. The number of rotatable bonds is 11. The first-order chi connectivity index (χ1) is 32.1. The molecule has 3 atom stereocenters. The first kappa shape index (κ1) is 44.7. The Hall–Kier alpha value is -6.12. The van der Waals surface area contributed by atoms with E-state index in [1.807, 2.05) is 24.5 Å². The number of aromatic amines is 1. The summed E-state index contributed by atoms with van der Waals surface area (Å²) in [5, 5.41) is 10.4. The molecule has 3 unspecified atom stereocenters. The number of nitrogens with one attached hydrogen (secondary N) is 1. The average Bonchev–Trinajstić information content (AvgIpc) is 3.82. The summed E-state index contributed by atoms with van der Waals surface area (Å²) in [5.41, 5.74) is 4.50. The monoisotopic (exact) mass is 932 g/mol. The molecule has 1 amide bonds. The van der Waals surface area contributed by atoms with Crippen molar-refractivity contribution in [3.63, 3.8) is 0 Å². The van der Waals surface area contributed by atoms with Gasteiger partial charge in [0, 0.05) is 67.4 Å². The van der Waals surface area contributed by atoms with Crippen LogP contribution in [-0.4, -0.2) is 76.5 Å². The van der Waals surface area contributed by atoms with Gasteiger partial charge in [-0.2, -0.15) is 5.10 Å². The van der Waals surface area contributed by atoms with E-state index >= 15 is 13.6 Å². The fourth-order valence-corrected chi connectivity index (χ4v) is 13.3. The van der Waals surface area contributed by atoms with E-state index in [-0.39, 0.29) is 28.6 Å². The number of imidazole rings is 1. The first-order valence-corrected chi connectivity index (χ1v) is 25.4. The third-order valence-electron chi connectivity index (χ3n) is 14.9. The Kier molecular flexibility index (Phi) is 11.1. The number of carbonyl (C=O) groups is 1. The highest BCUT2D eigenvalue weighted by atomic mass is 31.2. The van der Waals surface area contributed by atoms with Crippen LogP contribution in [0.2, 0.25) is 0 Å². The van der Waals surface area contributed by atoms with Crippen molar-refractivity contribution in [1.82, 2.24) is 38.5 Å². The highest BCUT2D eigenvalue weighted by Gasteiger charge is 2.59. The summed E-state index contributed by atoms with van der Waals surface area (Å²) in [4.78, 5) is 47.4. The van der Waals surface area contributed by atoms with Crippen molar-refractivity contribution in [1.29, 1.82) is 0 Å². The van der Waals surface area contributed by atoms with Gasteiger partial charge in [0.05, 0.1) is 28.4 Å². The molecule has 14 nitrogen and oxygen atoms in total. The standard InChI is InChI=1S/C50H55F2N8O6P/c1-8-32-24-36(26-38(51)44(32)67(64,9-2)10-3)57-17-18-58(49(57)63)45-42-31(7)56(16-13-39(42)54-60(45)37-21-28(4)43(52)29(5)22-37)46(61)41-25-35-23-34(33-14-19-65-20-15-33)11-12-40(35)59(41)50(27-30(50)6)47-53-48(62)66-55-47/h11-12,17-18,21-26,30-31,33H,8-10,13-16,19-20,27H2,1-7H3,(H,53,55,62). The number of hydrogen-bond donors (Lipinski definition) is 1. The molecule has 3 aromatic carbocycles. The molecule has 3 aliphatic rings. The molecule has 1 aliphatic carbocycles. The summed E-state index contributed by atoms with van der Waals surface area (Å²) in [5.74, 6) is -0.878. The predicted octanol–water partition coefficient (Wildman–Crippen LogP) is 8.37. The van der Waals surface area contributed by atoms with Crippen molar-refractivity contribution in [2.75, 3.05) is 32.1 Å². The maximum atomic E-state index is 16.2. The van der Waals surface area contributed by atoms with Gasteiger partial charge in [0.25, 0.3) is 5.91 Å². The lowest BCUT2D eigenvalue weighted by Gasteiger charge is -2.34. The van der Waals surface area contributed by atoms with Crippen molar-refractivity contribution in [2.24, 2.45) is 5.92 Å². The maximum Gasteiger partial charge on any atom is 0.438 e. The highest BCUT2D eigenvalue weighted by Crippen LogP contribution is 2.56. The van der Waals surface area contributed by atoms with Crippen LogP contribution in [0.25, 0.3) is 28.1 Å². The van der Waals surface area contributed by atoms with E-state index in [2.05, 4.69) is 35.3 Å². The summed E-state index contributed by atoms with van der Waals surface area (Å²) in [6, 6.07) is 14.0. The second kappa shape index (κ2) is 16.6. The number of halogens is 2. The zero-order chi connectivity index (χ0) is 47.3. The van der Waals surface area contributed by atoms with Gasteiger partial charge in [-0.3, -0.25) is 23.4 Å². The highest BCUT2D eigenvalue weighted by molar-refractivity contribution is 7.71. The Labute approximate surface area is 385 Å². The van der Waals surface area contributed by atoms with Crippen LogP contribution in [0.5, 0.6) is 0 Å². The van der Waals surface area contributed by atoms with E-state index < -0.39 is 36.0 Å². The number of hydrogen-bond acceptors (Lipinski definition) is 8. The molecule has 0 spiro atoms. The minimum atomic E-state index is -3.00. The molecule has 4 aromatic heterocycles. The number of aryl methyl sites for hydroxylation is 3. The van der Waals surface area contributed by atoms with Crippen LogP contribution in [-0.2, 0) is 27.7 Å². The zero-order valence-corrected chi connectivity index (χ0v) is 39.8. The third kappa shape index (κ3) is 7.03. The van der Waals surface area contributed by atoms with Crippen LogP contribution in [0.3, 0.4) is 0 Å². The molecule has 2 aliphatic heterocycles. The van der Waals surface area contributed by atoms with Crippen molar-refractivity contribution >= 4 is 29.3 Å². The molecular formula is C50H55F2N8O6P. The molecule has 17 heteroatoms. The number of fused-ring (bicyclic) bond motifs is 2. The Balaban J connectivity index is 1.12. The number of nitrogens with zero attached hydrogens (tertiary/aromatic N) is 7.